The zero-order valence-electron chi connectivity index (χ0n) is 10.8. The minimum absolute atomic E-state index is 0.0856. The van der Waals surface area contributed by atoms with E-state index in [0.717, 1.165) is 26.0 Å². The number of carbonyl (C=O) groups excluding carboxylic acids is 1. The van der Waals surface area contributed by atoms with Crippen LogP contribution < -0.4 is 5.32 Å². The average Bonchev–Trinajstić information content (AvgIpc) is 2.23. The number of rotatable bonds is 6. The van der Waals surface area contributed by atoms with Gasteiger partial charge >= 0.3 is 0 Å². The second kappa shape index (κ2) is 6.21. The lowest BCUT2D eigenvalue weighted by atomic mass is 9.88. The molecule has 0 bridgehead atoms. The van der Waals surface area contributed by atoms with Gasteiger partial charge in [0, 0.05) is 26.2 Å². The van der Waals surface area contributed by atoms with Crippen molar-refractivity contribution in [3.63, 3.8) is 0 Å². The molecule has 4 nitrogen and oxygen atoms in total. The van der Waals surface area contributed by atoms with Crippen LogP contribution in [-0.2, 0) is 9.53 Å². The highest BCUT2D eigenvalue weighted by Gasteiger charge is 2.31. The zero-order valence-corrected chi connectivity index (χ0v) is 10.8. The second-order valence-corrected chi connectivity index (χ2v) is 4.49. The number of carbonyl (C=O) groups is 1. The van der Waals surface area contributed by atoms with Crippen LogP contribution in [0.1, 0.15) is 33.6 Å². The summed E-state index contributed by atoms with van der Waals surface area (Å²) < 4.78 is 5.48. The lowest BCUT2D eigenvalue weighted by Crippen LogP contribution is -2.53. The molecule has 0 aromatic carbocycles. The molecule has 0 saturated heterocycles. The van der Waals surface area contributed by atoms with E-state index in [1.54, 1.807) is 4.90 Å². The van der Waals surface area contributed by atoms with E-state index in [2.05, 4.69) is 5.32 Å². The van der Waals surface area contributed by atoms with Crippen molar-refractivity contribution in [2.24, 2.45) is 0 Å². The third-order valence-electron chi connectivity index (χ3n) is 3.20. The normalized spacial score (nSPS) is 26.0. The summed E-state index contributed by atoms with van der Waals surface area (Å²) in [4.78, 5) is 13.5. The summed E-state index contributed by atoms with van der Waals surface area (Å²) in [5.41, 5.74) is 0. The molecule has 0 aromatic heterocycles. The fourth-order valence-electron chi connectivity index (χ4n) is 1.98. The Bertz CT molecular complexity index is 227. The highest BCUT2D eigenvalue weighted by Crippen LogP contribution is 2.23. The molecule has 1 N–H and O–H groups in total. The van der Waals surface area contributed by atoms with E-state index < -0.39 is 0 Å². The van der Waals surface area contributed by atoms with Gasteiger partial charge in [-0.15, -0.1) is 0 Å². The van der Waals surface area contributed by atoms with Crippen LogP contribution in [-0.4, -0.2) is 49.2 Å². The summed E-state index contributed by atoms with van der Waals surface area (Å²) in [6, 6.07) is 0.360. The zero-order chi connectivity index (χ0) is 12.1. The summed E-state index contributed by atoms with van der Waals surface area (Å²) in [6.07, 6.45) is 2.46. The molecule has 1 saturated carbocycles. The molecule has 4 heteroatoms. The van der Waals surface area contributed by atoms with Gasteiger partial charge in [0.1, 0.15) is 0 Å². The Morgan fingerprint density at radius 3 is 2.62 bits per heavy atom. The molecule has 0 radical (unpaired) electrons. The molecule has 16 heavy (non-hydrogen) atoms. The molecule has 1 atom stereocenters. The molecular weight excluding hydrogens is 204 g/mol. The van der Waals surface area contributed by atoms with Crippen LogP contribution >= 0.6 is 0 Å². The third-order valence-corrected chi connectivity index (χ3v) is 3.20. The van der Waals surface area contributed by atoms with Gasteiger partial charge in [-0.1, -0.05) is 0 Å². The topological polar surface area (TPSA) is 41.6 Å². The SMILES string of the molecule is CCOC1CC(NC(C)C(=O)N(C)CC)C1. The van der Waals surface area contributed by atoms with Gasteiger partial charge in [0.15, 0.2) is 0 Å². The maximum absolute atomic E-state index is 11.8. The van der Waals surface area contributed by atoms with Gasteiger partial charge in [0.2, 0.25) is 5.91 Å². The van der Waals surface area contributed by atoms with Crippen molar-refractivity contribution in [3.8, 4) is 0 Å². The van der Waals surface area contributed by atoms with E-state index >= 15 is 0 Å². The van der Waals surface area contributed by atoms with Crippen LogP contribution in [0.4, 0.5) is 0 Å². The first-order chi connectivity index (χ1) is 7.58. The van der Waals surface area contributed by atoms with Crippen LogP contribution in [0.2, 0.25) is 0 Å². The van der Waals surface area contributed by atoms with E-state index in [1.165, 1.54) is 0 Å². The number of nitrogens with one attached hydrogen (secondary N) is 1. The predicted octanol–water partition coefficient (Wildman–Crippen LogP) is 1.01. The Hall–Kier alpha value is -0.610. The summed E-state index contributed by atoms with van der Waals surface area (Å²) in [6.45, 7) is 7.48. The predicted molar refractivity (Wildman–Crippen MR) is 64.3 cm³/mol. The fraction of sp³-hybridized carbons (Fsp3) is 0.917. The molecule has 0 aliphatic heterocycles. The van der Waals surface area contributed by atoms with Gasteiger partial charge in [0.25, 0.3) is 0 Å². The van der Waals surface area contributed by atoms with Crippen molar-refractivity contribution in [3.05, 3.63) is 0 Å². The van der Waals surface area contributed by atoms with E-state index in [9.17, 15) is 4.79 Å². The maximum atomic E-state index is 11.8. The van der Waals surface area contributed by atoms with Crippen molar-refractivity contribution in [1.29, 1.82) is 0 Å². The van der Waals surface area contributed by atoms with E-state index in [0.29, 0.717) is 12.1 Å². The number of amides is 1. The number of ether oxygens (including phenoxy) is 1. The average molecular weight is 228 g/mol. The first kappa shape index (κ1) is 13.5. The van der Waals surface area contributed by atoms with Gasteiger partial charge in [-0.05, 0) is 33.6 Å². The molecule has 1 aliphatic rings. The Morgan fingerprint density at radius 2 is 2.12 bits per heavy atom. The monoisotopic (exact) mass is 228 g/mol. The standard InChI is InChI=1S/C12H24N2O2/c1-5-14(4)12(15)9(3)13-10-7-11(8-10)16-6-2/h9-11,13H,5-8H2,1-4H3. The lowest BCUT2D eigenvalue weighted by molar-refractivity contribution is -0.132. The number of likely N-dealkylation sites (N-methyl/N-ethyl adjacent to an activating group) is 1. The highest BCUT2D eigenvalue weighted by atomic mass is 16.5. The molecule has 1 fully saturated rings. The molecule has 0 heterocycles. The minimum Gasteiger partial charge on any atom is -0.378 e. The highest BCUT2D eigenvalue weighted by molar-refractivity contribution is 5.81. The molecular formula is C12H24N2O2. The number of hydrogen-bond donors (Lipinski definition) is 1. The van der Waals surface area contributed by atoms with Crippen LogP contribution in [0.3, 0.4) is 0 Å². The minimum atomic E-state index is -0.0856. The van der Waals surface area contributed by atoms with Gasteiger partial charge in [-0.25, -0.2) is 0 Å². The summed E-state index contributed by atoms with van der Waals surface area (Å²) >= 11 is 0. The van der Waals surface area contributed by atoms with Gasteiger partial charge in [0.05, 0.1) is 12.1 Å². The Labute approximate surface area is 98.3 Å². The lowest BCUT2D eigenvalue weighted by Gasteiger charge is -2.37. The fourth-order valence-corrected chi connectivity index (χ4v) is 1.98. The van der Waals surface area contributed by atoms with Crippen LogP contribution in [0.5, 0.6) is 0 Å². The van der Waals surface area contributed by atoms with E-state index in [1.807, 2.05) is 27.8 Å². The van der Waals surface area contributed by atoms with Crippen LogP contribution in [0.25, 0.3) is 0 Å². The quantitative estimate of drug-likeness (QED) is 0.737. The molecule has 1 unspecified atom stereocenters. The Morgan fingerprint density at radius 1 is 1.50 bits per heavy atom. The number of hydrogen-bond acceptors (Lipinski definition) is 3. The van der Waals surface area contributed by atoms with Crippen molar-refractivity contribution in [1.82, 2.24) is 10.2 Å². The Kier molecular flexibility index (Phi) is 5.22. The van der Waals surface area contributed by atoms with Crippen molar-refractivity contribution < 1.29 is 9.53 Å². The largest absolute Gasteiger partial charge is 0.378 e. The molecule has 0 aromatic rings. The van der Waals surface area contributed by atoms with Gasteiger partial charge in [-0.3, -0.25) is 4.79 Å². The first-order valence-electron chi connectivity index (χ1n) is 6.21. The van der Waals surface area contributed by atoms with Gasteiger partial charge < -0.3 is 15.0 Å². The molecule has 94 valence electrons. The van der Waals surface area contributed by atoms with E-state index in [4.69, 9.17) is 4.74 Å². The van der Waals surface area contributed by atoms with E-state index in [-0.39, 0.29) is 11.9 Å². The maximum Gasteiger partial charge on any atom is 0.239 e. The van der Waals surface area contributed by atoms with Crippen molar-refractivity contribution in [2.45, 2.75) is 51.8 Å². The first-order valence-corrected chi connectivity index (χ1v) is 6.21. The summed E-state index contributed by atoms with van der Waals surface area (Å²) in [5.74, 6) is 0.169. The molecule has 0 spiro atoms. The number of nitrogens with zero attached hydrogens (tertiary/aromatic N) is 1. The smallest absolute Gasteiger partial charge is 0.239 e. The van der Waals surface area contributed by atoms with Crippen LogP contribution in [0, 0.1) is 0 Å². The van der Waals surface area contributed by atoms with Gasteiger partial charge in [-0.2, -0.15) is 0 Å². The van der Waals surface area contributed by atoms with Crippen molar-refractivity contribution in [2.75, 3.05) is 20.2 Å². The summed E-state index contributed by atoms with van der Waals surface area (Å²) in [5, 5.41) is 3.35. The molecule has 1 amide bonds. The third kappa shape index (κ3) is 3.46. The Balaban J connectivity index is 2.21. The molecule has 1 aliphatic carbocycles. The molecule has 1 rings (SSSR count). The second-order valence-electron chi connectivity index (χ2n) is 4.49. The van der Waals surface area contributed by atoms with Crippen LogP contribution in [0.15, 0.2) is 0 Å². The van der Waals surface area contributed by atoms with Crippen molar-refractivity contribution >= 4 is 5.91 Å². The summed E-state index contributed by atoms with van der Waals surface area (Å²) in [7, 11) is 1.84.